The molecule has 0 bridgehead atoms. The molecule has 100 valence electrons. The van der Waals surface area contributed by atoms with Gasteiger partial charge in [-0.2, -0.15) is 0 Å². The third-order valence-electron chi connectivity index (χ3n) is 3.51. The zero-order valence-corrected chi connectivity index (χ0v) is 11.2. The molecule has 0 aliphatic carbocycles. The zero-order valence-electron chi connectivity index (χ0n) is 11.2. The molecule has 0 fully saturated rings. The number of nitrogens with zero attached hydrogens (tertiary/aromatic N) is 1. The number of aryl methyl sites for hydroxylation is 2. The Balaban J connectivity index is 1.90. The van der Waals surface area contributed by atoms with Crippen LogP contribution in [0, 0.1) is 24.6 Å². The fourth-order valence-corrected chi connectivity index (χ4v) is 2.35. The summed E-state index contributed by atoms with van der Waals surface area (Å²) >= 11 is 0. The largest absolute Gasteiger partial charge is 0.344 e. The minimum Gasteiger partial charge on any atom is -0.344 e. The van der Waals surface area contributed by atoms with E-state index in [-0.39, 0.29) is 11.6 Å². The normalized spacial score (nSPS) is 13.6. The Labute approximate surface area is 117 Å². The molecular formula is C17H14FNO. The summed E-state index contributed by atoms with van der Waals surface area (Å²) in [5, 5.41) is 0. The fourth-order valence-electron chi connectivity index (χ4n) is 2.35. The van der Waals surface area contributed by atoms with Crippen LogP contribution in [0.3, 0.4) is 0 Å². The van der Waals surface area contributed by atoms with Gasteiger partial charge in [0.2, 0.25) is 0 Å². The zero-order chi connectivity index (χ0) is 14.1. The van der Waals surface area contributed by atoms with Crippen molar-refractivity contribution in [3.8, 4) is 11.8 Å². The SMILES string of the molecule is Cc1ccc(C#Cc2cc3n(c2)CCCC3=O)cc1F. The van der Waals surface area contributed by atoms with Gasteiger partial charge in [-0.15, -0.1) is 0 Å². The standard InChI is InChI=1S/C17H14FNO/c1-12-4-5-13(9-15(12)18)6-7-14-10-16-17(20)3-2-8-19(16)11-14/h4-5,9-11H,2-3,8H2,1H3. The van der Waals surface area contributed by atoms with Crippen molar-refractivity contribution in [2.24, 2.45) is 0 Å². The first kappa shape index (κ1) is 12.7. The lowest BCUT2D eigenvalue weighted by Crippen LogP contribution is -2.14. The Kier molecular flexibility index (Phi) is 3.15. The number of hydrogen-bond donors (Lipinski definition) is 0. The summed E-state index contributed by atoms with van der Waals surface area (Å²) < 4.78 is 15.4. The maximum absolute atomic E-state index is 13.4. The van der Waals surface area contributed by atoms with Crippen molar-refractivity contribution in [1.29, 1.82) is 0 Å². The van der Waals surface area contributed by atoms with Crippen molar-refractivity contribution in [2.75, 3.05) is 0 Å². The molecule has 1 aromatic heterocycles. The molecule has 1 aliphatic heterocycles. The van der Waals surface area contributed by atoms with E-state index < -0.39 is 0 Å². The third kappa shape index (κ3) is 2.37. The summed E-state index contributed by atoms with van der Waals surface area (Å²) in [6.45, 7) is 2.59. The summed E-state index contributed by atoms with van der Waals surface area (Å²) in [5.41, 5.74) is 2.79. The van der Waals surface area contributed by atoms with Gasteiger partial charge in [0.15, 0.2) is 5.78 Å². The second kappa shape index (κ2) is 4.97. The van der Waals surface area contributed by atoms with Gasteiger partial charge in [0.1, 0.15) is 5.82 Å². The van der Waals surface area contributed by atoms with Gasteiger partial charge >= 0.3 is 0 Å². The van der Waals surface area contributed by atoms with Crippen LogP contribution in [-0.2, 0) is 6.54 Å². The van der Waals surface area contributed by atoms with E-state index in [4.69, 9.17) is 0 Å². The van der Waals surface area contributed by atoms with Crippen LogP contribution >= 0.6 is 0 Å². The highest BCUT2D eigenvalue weighted by Crippen LogP contribution is 2.17. The van der Waals surface area contributed by atoms with Crippen LogP contribution in [-0.4, -0.2) is 10.4 Å². The van der Waals surface area contributed by atoms with Crippen LogP contribution in [0.25, 0.3) is 0 Å². The summed E-state index contributed by atoms with van der Waals surface area (Å²) in [5.74, 6) is 5.86. The van der Waals surface area contributed by atoms with Gasteiger partial charge in [-0.05, 0) is 37.1 Å². The van der Waals surface area contributed by atoms with Crippen LogP contribution in [0.5, 0.6) is 0 Å². The number of benzene rings is 1. The first-order chi connectivity index (χ1) is 9.63. The quantitative estimate of drug-likeness (QED) is 0.671. The Morgan fingerprint density at radius 1 is 1.20 bits per heavy atom. The van der Waals surface area contributed by atoms with Gasteiger partial charge in [0.25, 0.3) is 0 Å². The Morgan fingerprint density at radius 3 is 2.75 bits per heavy atom. The maximum Gasteiger partial charge on any atom is 0.179 e. The first-order valence-electron chi connectivity index (χ1n) is 6.65. The third-order valence-corrected chi connectivity index (χ3v) is 3.51. The van der Waals surface area contributed by atoms with Crippen LogP contribution in [0.2, 0.25) is 0 Å². The van der Waals surface area contributed by atoms with E-state index in [1.165, 1.54) is 6.07 Å². The van der Waals surface area contributed by atoms with Gasteiger partial charge in [0, 0.05) is 30.3 Å². The molecule has 0 saturated heterocycles. The molecule has 0 atom stereocenters. The van der Waals surface area contributed by atoms with Gasteiger partial charge in [0.05, 0.1) is 5.69 Å². The van der Waals surface area contributed by atoms with E-state index in [2.05, 4.69) is 11.8 Å². The van der Waals surface area contributed by atoms with E-state index >= 15 is 0 Å². The molecule has 0 radical (unpaired) electrons. The molecule has 0 saturated carbocycles. The molecule has 0 N–H and O–H groups in total. The molecule has 1 aliphatic rings. The lowest BCUT2D eigenvalue weighted by atomic mass is 10.1. The average molecular weight is 267 g/mol. The maximum atomic E-state index is 13.4. The molecular weight excluding hydrogens is 253 g/mol. The lowest BCUT2D eigenvalue weighted by molar-refractivity contribution is 0.0955. The van der Waals surface area contributed by atoms with Crippen molar-refractivity contribution in [2.45, 2.75) is 26.3 Å². The predicted molar refractivity (Wildman–Crippen MR) is 75.1 cm³/mol. The summed E-state index contributed by atoms with van der Waals surface area (Å²) in [6.07, 6.45) is 3.39. The Morgan fingerprint density at radius 2 is 2.00 bits per heavy atom. The van der Waals surface area contributed by atoms with Crippen molar-refractivity contribution >= 4 is 5.78 Å². The summed E-state index contributed by atoms with van der Waals surface area (Å²) in [4.78, 5) is 11.7. The number of hydrogen-bond acceptors (Lipinski definition) is 1. The molecule has 0 unspecified atom stereocenters. The second-order valence-electron chi connectivity index (χ2n) is 5.05. The molecule has 20 heavy (non-hydrogen) atoms. The number of aromatic nitrogens is 1. The highest BCUT2D eigenvalue weighted by molar-refractivity contribution is 5.95. The van der Waals surface area contributed by atoms with E-state index in [0.717, 1.165) is 24.2 Å². The van der Waals surface area contributed by atoms with Gasteiger partial charge in [-0.25, -0.2) is 4.39 Å². The topological polar surface area (TPSA) is 22.0 Å². The highest BCUT2D eigenvalue weighted by Gasteiger charge is 2.17. The predicted octanol–water partition coefficient (Wildman–Crippen LogP) is 3.31. The minimum atomic E-state index is -0.247. The van der Waals surface area contributed by atoms with E-state index in [1.807, 2.05) is 16.8 Å². The van der Waals surface area contributed by atoms with Gasteiger partial charge in [-0.1, -0.05) is 17.9 Å². The van der Waals surface area contributed by atoms with Crippen molar-refractivity contribution < 1.29 is 9.18 Å². The fraction of sp³-hybridized carbons (Fsp3) is 0.235. The minimum absolute atomic E-state index is 0.172. The van der Waals surface area contributed by atoms with Crippen LogP contribution in [0.15, 0.2) is 30.5 Å². The number of halogens is 1. The van der Waals surface area contributed by atoms with E-state index in [1.54, 1.807) is 19.1 Å². The molecule has 2 aromatic rings. The molecule has 2 heterocycles. The summed E-state index contributed by atoms with van der Waals surface area (Å²) in [7, 11) is 0. The monoisotopic (exact) mass is 267 g/mol. The molecule has 3 heteroatoms. The number of carbonyl (C=O) groups excluding carboxylic acids is 1. The van der Waals surface area contributed by atoms with Crippen molar-refractivity contribution in [1.82, 2.24) is 4.57 Å². The number of Topliss-reactive ketones (excluding diaryl/α,β-unsaturated/α-hetero) is 1. The summed E-state index contributed by atoms with van der Waals surface area (Å²) in [6, 6.07) is 6.77. The number of carbonyl (C=O) groups is 1. The number of rotatable bonds is 0. The number of fused-ring (bicyclic) bond motifs is 1. The van der Waals surface area contributed by atoms with Crippen molar-refractivity contribution in [3.63, 3.8) is 0 Å². The smallest absolute Gasteiger partial charge is 0.179 e. The molecule has 2 nitrogen and oxygen atoms in total. The van der Waals surface area contributed by atoms with Crippen LogP contribution in [0.1, 0.15) is 40.0 Å². The van der Waals surface area contributed by atoms with Gasteiger partial charge in [-0.3, -0.25) is 4.79 Å². The van der Waals surface area contributed by atoms with E-state index in [0.29, 0.717) is 17.5 Å². The Bertz CT molecular complexity index is 746. The Hall–Kier alpha value is -2.34. The van der Waals surface area contributed by atoms with E-state index in [9.17, 15) is 9.18 Å². The van der Waals surface area contributed by atoms with Crippen LogP contribution in [0.4, 0.5) is 4.39 Å². The molecule has 1 aromatic carbocycles. The molecule has 0 spiro atoms. The highest BCUT2D eigenvalue weighted by atomic mass is 19.1. The molecule has 3 rings (SSSR count). The molecule has 0 amide bonds. The first-order valence-corrected chi connectivity index (χ1v) is 6.65. The second-order valence-corrected chi connectivity index (χ2v) is 5.05. The van der Waals surface area contributed by atoms with Crippen LogP contribution < -0.4 is 0 Å². The van der Waals surface area contributed by atoms with Gasteiger partial charge < -0.3 is 4.57 Å². The van der Waals surface area contributed by atoms with Crippen molar-refractivity contribution in [3.05, 3.63) is 58.7 Å². The average Bonchev–Trinajstić information content (AvgIpc) is 2.85. The number of ketones is 1. The lowest BCUT2D eigenvalue weighted by Gasteiger charge is -2.12.